The standard InChI is InChI=1S/C14H30N2O2/c1-5-14(6-2)9-12(7-8-18-14)15-10-13(17)11-16(3)4/h12-13,15,17H,5-11H2,1-4H3. The van der Waals surface area contributed by atoms with Gasteiger partial charge < -0.3 is 20.1 Å². The number of aliphatic hydroxyl groups excluding tert-OH is 1. The molecular formula is C14H30N2O2. The summed E-state index contributed by atoms with van der Waals surface area (Å²) in [5, 5.41) is 13.4. The van der Waals surface area contributed by atoms with Crippen LogP contribution in [0.25, 0.3) is 0 Å². The van der Waals surface area contributed by atoms with E-state index in [4.69, 9.17) is 4.74 Å². The zero-order valence-corrected chi connectivity index (χ0v) is 12.4. The van der Waals surface area contributed by atoms with Gasteiger partial charge in [-0.15, -0.1) is 0 Å². The molecule has 0 aliphatic carbocycles. The quantitative estimate of drug-likeness (QED) is 0.721. The summed E-state index contributed by atoms with van der Waals surface area (Å²) in [4.78, 5) is 2.01. The normalized spacial score (nSPS) is 25.3. The first-order valence-corrected chi connectivity index (χ1v) is 7.21. The van der Waals surface area contributed by atoms with Crippen LogP contribution in [0.4, 0.5) is 0 Å². The van der Waals surface area contributed by atoms with Gasteiger partial charge in [-0.3, -0.25) is 0 Å². The molecule has 2 unspecified atom stereocenters. The van der Waals surface area contributed by atoms with Crippen LogP contribution < -0.4 is 5.32 Å². The number of ether oxygens (including phenoxy) is 1. The predicted molar refractivity (Wildman–Crippen MR) is 74.9 cm³/mol. The second-order valence-electron chi connectivity index (χ2n) is 5.75. The van der Waals surface area contributed by atoms with Crippen molar-refractivity contribution in [2.75, 3.05) is 33.8 Å². The third-order valence-electron chi connectivity index (χ3n) is 4.00. The molecule has 0 saturated carbocycles. The molecule has 1 fully saturated rings. The van der Waals surface area contributed by atoms with E-state index >= 15 is 0 Å². The lowest BCUT2D eigenvalue weighted by Gasteiger charge is -2.40. The fourth-order valence-corrected chi connectivity index (χ4v) is 2.73. The topological polar surface area (TPSA) is 44.7 Å². The Balaban J connectivity index is 2.34. The van der Waals surface area contributed by atoms with Gasteiger partial charge in [0.15, 0.2) is 0 Å². The second-order valence-corrected chi connectivity index (χ2v) is 5.75. The van der Waals surface area contributed by atoms with Gasteiger partial charge in [0.25, 0.3) is 0 Å². The average molecular weight is 258 g/mol. The van der Waals surface area contributed by atoms with Crippen LogP contribution in [0.1, 0.15) is 39.5 Å². The molecular weight excluding hydrogens is 228 g/mol. The van der Waals surface area contributed by atoms with Gasteiger partial charge in [-0.1, -0.05) is 13.8 Å². The smallest absolute Gasteiger partial charge is 0.0791 e. The number of nitrogens with one attached hydrogen (secondary N) is 1. The molecule has 1 heterocycles. The molecule has 0 aromatic heterocycles. The molecule has 18 heavy (non-hydrogen) atoms. The van der Waals surface area contributed by atoms with Crippen LogP contribution in [0, 0.1) is 0 Å². The Morgan fingerprint density at radius 1 is 1.39 bits per heavy atom. The van der Waals surface area contributed by atoms with Crippen LogP contribution in [0.5, 0.6) is 0 Å². The van der Waals surface area contributed by atoms with Gasteiger partial charge in [0.05, 0.1) is 11.7 Å². The number of hydrogen-bond acceptors (Lipinski definition) is 4. The Labute approximate surface area is 112 Å². The molecule has 2 atom stereocenters. The van der Waals surface area contributed by atoms with Crippen LogP contribution >= 0.6 is 0 Å². The van der Waals surface area contributed by atoms with Crippen molar-refractivity contribution in [2.24, 2.45) is 0 Å². The van der Waals surface area contributed by atoms with Gasteiger partial charge in [-0.05, 0) is 39.8 Å². The van der Waals surface area contributed by atoms with Crippen molar-refractivity contribution in [2.45, 2.75) is 57.3 Å². The summed E-state index contributed by atoms with van der Waals surface area (Å²) in [6.07, 6.45) is 3.97. The lowest BCUT2D eigenvalue weighted by Crippen LogP contribution is -2.48. The average Bonchev–Trinajstić information content (AvgIpc) is 2.36. The van der Waals surface area contributed by atoms with Crippen molar-refractivity contribution < 1.29 is 9.84 Å². The molecule has 0 bridgehead atoms. The molecule has 1 aliphatic heterocycles. The first-order valence-electron chi connectivity index (χ1n) is 7.21. The van der Waals surface area contributed by atoms with Gasteiger partial charge in [0.2, 0.25) is 0 Å². The Hall–Kier alpha value is -0.160. The SMILES string of the molecule is CCC1(CC)CC(NCC(O)CN(C)C)CCO1. The minimum atomic E-state index is -0.291. The maximum absolute atomic E-state index is 9.86. The first-order chi connectivity index (χ1) is 8.51. The van der Waals surface area contributed by atoms with E-state index in [1.54, 1.807) is 0 Å². The Morgan fingerprint density at radius 3 is 2.61 bits per heavy atom. The Kier molecular flexibility index (Phi) is 6.57. The molecule has 0 aromatic carbocycles. The van der Waals surface area contributed by atoms with E-state index < -0.39 is 0 Å². The van der Waals surface area contributed by atoms with Crippen molar-refractivity contribution in [1.29, 1.82) is 0 Å². The lowest BCUT2D eigenvalue weighted by atomic mass is 9.86. The largest absolute Gasteiger partial charge is 0.390 e. The van der Waals surface area contributed by atoms with E-state index in [2.05, 4.69) is 19.2 Å². The Morgan fingerprint density at radius 2 is 2.06 bits per heavy atom. The number of aliphatic hydroxyl groups is 1. The molecule has 1 rings (SSSR count). The fourth-order valence-electron chi connectivity index (χ4n) is 2.73. The molecule has 2 N–H and O–H groups in total. The number of nitrogens with zero attached hydrogens (tertiary/aromatic N) is 1. The van der Waals surface area contributed by atoms with E-state index in [9.17, 15) is 5.11 Å². The van der Waals surface area contributed by atoms with Crippen LogP contribution in [0.2, 0.25) is 0 Å². The lowest BCUT2D eigenvalue weighted by molar-refractivity contribution is -0.0938. The maximum Gasteiger partial charge on any atom is 0.0791 e. The van der Waals surface area contributed by atoms with Crippen LogP contribution in [-0.2, 0) is 4.74 Å². The van der Waals surface area contributed by atoms with Crippen LogP contribution in [0.15, 0.2) is 0 Å². The van der Waals surface area contributed by atoms with Crippen LogP contribution in [0.3, 0.4) is 0 Å². The summed E-state index contributed by atoms with van der Waals surface area (Å²) in [5.74, 6) is 0. The first kappa shape index (κ1) is 15.9. The van der Waals surface area contributed by atoms with Gasteiger partial charge in [0.1, 0.15) is 0 Å². The summed E-state index contributed by atoms with van der Waals surface area (Å²) in [6, 6.07) is 0.482. The molecule has 0 amide bonds. The van der Waals surface area contributed by atoms with E-state index in [0.717, 1.165) is 32.3 Å². The molecule has 108 valence electrons. The summed E-state index contributed by atoms with van der Waals surface area (Å²) < 4.78 is 5.95. The zero-order chi connectivity index (χ0) is 13.6. The summed E-state index contributed by atoms with van der Waals surface area (Å²) >= 11 is 0. The minimum Gasteiger partial charge on any atom is -0.390 e. The van der Waals surface area contributed by atoms with Crippen molar-refractivity contribution in [1.82, 2.24) is 10.2 Å². The zero-order valence-electron chi connectivity index (χ0n) is 12.4. The van der Waals surface area contributed by atoms with Crippen molar-refractivity contribution >= 4 is 0 Å². The number of hydrogen-bond donors (Lipinski definition) is 2. The monoisotopic (exact) mass is 258 g/mol. The summed E-state index contributed by atoms with van der Waals surface area (Å²) in [7, 11) is 3.97. The minimum absolute atomic E-state index is 0.0580. The Bertz CT molecular complexity index is 230. The van der Waals surface area contributed by atoms with E-state index in [-0.39, 0.29) is 11.7 Å². The predicted octanol–water partition coefficient (Wildman–Crippen LogP) is 1.24. The number of rotatable bonds is 7. The maximum atomic E-state index is 9.86. The highest BCUT2D eigenvalue weighted by Crippen LogP contribution is 2.31. The summed E-state index contributed by atoms with van der Waals surface area (Å²) in [6.45, 7) is 6.62. The number of likely N-dealkylation sites (N-methyl/N-ethyl adjacent to an activating group) is 1. The van der Waals surface area contributed by atoms with Gasteiger partial charge in [-0.25, -0.2) is 0 Å². The van der Waals surface area contributed by atoms with Gasteiger partial charge in [0, 0.05) is 25.7 Å². The third kappa shape index (κ3) is 4.84. The molecule has 1 saturated heterocycles. The van der Waals surface area contributed by atoms with Gasteiger partial charge >= 0.3 is 0 Å². The fraction of sp³-hybridized carbons (Fsp3) is 1.00. The molecule has 1 aliphatic rings. The third-order valence-corrected chi connectivity index (χ3v) is 4.00. The van der Waals surface area contributed by atoms with Crippen LogP contribution in [-0.4, -0.2) is 61.5 Å². The van der Waals surface area contributed by atoms with E-state index in [1.165, 1.54) is 0 Å². The second kappa shape index (κ2) is 7.43. The molecule has 0 spiro atoms. The molecule has 4 nitrogen and oxygen atoms in total. The summed E-state index contributed by atoms with van der Waals surface area (Å²) in [5.41, 5.74) is 0.0580. The van der Waals surface area contributed by atoms with E-state index in [1.807, 2.05) is 19.0 Å². The van der Waals surface area contributed by atoms with E-state index in [0.29, 0.717) is 19.1 Å². The highest BCUT2D eigenvalue weighted by Gasteiger charge is 2.34. The highest BCUT2D eigenvalue weighted by molar-refractivity contribution is 4.88. The van der Waals surface area contributed by atoms with Crippen molar-refractivity contribution in [3.8, 4) is 0 Å². The highest BCUT2D eigenvalue weighted by atomic mass is 16.5. The molecule has 0 aromatic rings. The molecule has 0 radical (unpaired) electrons. The molecule has 4 heteroatoms. The van der Waals surface area contributed by atoms with Gasteiger partial charge in [-0.2, -0.15) is 0 Å². The van der Waals surface area contributed by atoms with Crippen molar-refractivity contribution in [3.63, 3.8) is 0 Å². The van der Waals surface area contributed by atoms with Crippen molar-refractivity contribution in [3.05, 3.63) is 0 Å².